The van der Waals surface area contributed by atoms with Crippen molar-refractivity contribution >= 4 is 5.91 Å². The number of nitrogens with one attached hydrogen (secondary N) is 2. The largest absolute Gasteiger partial charge is 0.493 e. The number of benzene rings is 1. The maximum atomic E-state index is 11.9. The number of hydrogen-bond acceptors (Lipinski definition) is 4. The van der Waals surface area contributed by atoms with Crippen LogP contribution >= 0.6 is 0 Å². The lowest BCUT2D eigenvalue weighted by molar-refractivity contribution is -0.120. The Kier molecular flexibility index (Phi) is 5.20. The highest BCUT2D eigenvalue weighted by atomic mass is 16.5. The number of nitrogens with zero attached hydrogens (tertiary/aromatic N) is 1. The highest BCUT2D eigenvalue weighted by molar-refractivity contribution is 5.78. The van der Waals surface area contributed by atoms with Crippen molar-refractivity contribution in [2.75, 3.05) is 20.8 Å². The molecule has 2 rings (SSSR count). The number of carbonyl (C=O) groups is 1. The minimum Gasteiger partial charge on any atom is -0.493 e. The van der Waals surface area contributed by atoms with Crippen LogP contribution < -0.4 is 14.8 Å². The normalized spacial score (nSPS) is 10.2. The van der Waals surface area contributed by atoms with E-state index in [4.69, 9.17) is 9.47 Å². The smallest absolute Gasteiger partial charge is 0.224 e. The zero-order chi connectivity index (χ0) is 15.1. The van der Waals surface area contributed by atoms with Crippen molar-refractivity contribution in [2.24, 2.45) is 0 Å². The molecule has 2 aromatic rings. The molecule has 0 fully saturated rings. The average molecular weight is 289 g/mol. The third kappa shape index (κ3) is 4.24. The molecule has 0 aliphatic rings. The van der Waals surface area contributed by atoms with Crippen molar-refractivity contribution in [1.82, 2.24) is 15.5 Å². The van der Waals surface area contributed by atoms with Crippen LogP contribution in [0.1, 0.15) is 11.3 Å². The molecule has 1 amide bonds. The quantitative estimate of drug-likeness (QED) is 0.806. The van der Waals surface area contributed by atoms with Gasteiger partial charge in [0, 0.05) is 24.9 Å². The third-order valence-corrected chi connectivity index (χ3v) is 3.09. The summed E-state index contributed by atoms with van der Waals surface area (Å²) in [5.41, 5.74) is 1.88. The first kappa shape index (κ1) is 14.9. The maximum Gasteiger partial charge on any atom is 0.224 e. The first-order valence-corrected chi connectivity index (χ1v) is 6.68. The Morgan fingerprint density at radius 1 is 1.24 bits per heavy atom. The monoisotopic (exact) mass is 289 g/mol. The van der Waals surface area contributed by atoms with Crippen LogP contribution in [0.5, 0.6) is 11.5 Å². The molecule has 0 bridgehead atoms. The Hall–Kier alpha value is -2.50. The number of H-pyrrole nitrogens is 1. The summed E-state index contributed by atoms with van der Waals surface area (Å²) in [6, 6.07) is 7.36. The van der Waals surface area contributed by atoms with E-state index in [-0.39, 0.29) is 5.91 Å². The lowest BCUT2D eigenvalue weighted by Crippen LogP contribution is -2.27. The van der Waals surface area contributed by atoms with Gasteiger partial charge in [0.2, 0.25) is 5.91 Å². The Morgan fingerprint density at radius 2 is 2.05 bits per heavy atom. The van der Waals surface area contributed by atoms with Crippen LogP contribution in [0.3, 0.4) is 0 Å². The molecule has 0 aliphatic carbocycles. The molecule has 0 spiro atoms. The molecular formula is C15H19N3O3. The first-order chi connectivity index (χ1) is 10.2. The van der Waals surface area contributed by atoms with Crippen LogP contribution in [0.2, 0.25) is 0 Å². The molecule has 1 aromatic carbocycles. The average Bonchev–Trinajstić information content (AvgIpc) is 3.00. The number of hydrogen-bond donors (Lipinski definition) is 2. The van der Waals surface area contributed by atoms with Gasteiger partial charge in [-0.1, -0.05) is 6.07 Å². The minimum absolute atomic E-state index is 0.0262. The second-order valence-electron chi connectivity index (χ2n) is 4.55. The molecule has 112 valence electrons. The predicted octanol–water partition coefficient (Wildman–Crippen LogP) is 1.33. The molecule has 0 radical (unpaired) electrons. The van der Waals surface area contributed by atoms with Crippen LogP contribution in [0.4, 0.5) is 0 Å². The van der Waals surface area contributed by atoms with Crippen molar-refractivity contribution in [3.05, 3.63) is 41.7 Å². The van der Waals surface area contributed by atoms with Crippen LogP contribution in [-0.4, -0.2) is 36.9 Å². The molecule has 0 unspecified atom stereocenters. The summed E-state index contributed by atoms with van der Waals surface area (Å²) in [5, 5.41) is 9.59. The zero-order valence-electron chi connectivity index (χ0n) is 12.2. The Balaban J connectivity index is 1.84. The van der Waals surface area contributed by atoms with Crippen LogP contribution in [0.15, 0.2) is 30.5 Å². The summed E-state index contributed by atoms with van der Waals surface area (Å²) in [5.74, 6) is 1.25. The van der Waals surface area contributed by atoms with E-state index in [1.54, 1.807) is 26.5 Å². The third-order valence-electron chi connectivity index (χ3n) is 3.09. The maximum absolute atomic E-state index is 11.9. The second kappa shape index (κ2) is 7.33. The van der Waals surface area contributed by atoms with Gasteiger partial charge in [-0.05, 0) is 23.8 Å². The van der Waals surface area contributed by atoms with E-state index in [2.05, 4.69) is 15.5 Å². The van der Waals surface area contributed by atoms with E-state index >= 15 is 0 Å². The van der Waals surface area contributed by atoms with Gasteiger partial charge in [-0.15, -0.1) is 0 Å². The number of rotatable bonds is 7. The topological polar surface area (TPSA) is 76.2 Å². The van der Waals surface area contributed by atoms with Gasteiger partial charge in [0.15, 0.2) is 11.5 Å². The highest BCUT2D eigenvalue weighted by Crippen LogP contribution is 2.27. The van der Waals surface area contributed by atoms with Crippen molar-refractivity contribution < 1.29 is 14.3 Å². The number of amides is 1. The summed E-state index contributed by atoms with van der Waals surface area (Å²) < 4.78 is 10.4. The lowest BCUT2D eigenvalue weighted by Gasteiger charge is -2.09. The van der Waals surface area contributed by atoms with Crippen molar-refractivity contribution in [1.29, 1.82) is 0 Å². The van der Waals surface area contributed by atoms with E-state index in [1.165, 1.54) is 0 Å². The van der Waals surface area contributed by atoms with E-state index in [0.29, 0.717) is 24.5 Å². The first-order valence-electron chi connectivity index (χ1n) is 6.68. The van der Waals surface area contributed by atoms with E-state index in [0.717, 1.165) is 17.7 Å². The van der Waals surface area contributed by atoms with Gasteiger partial charge in [0.05, 0.1) is 20.6 Å². The lowest BCUT2D eigenvalue weighted by atomic mass is 10.1. The van der Waals surface area contributed by atoms with Gasteiger partial charge in [0.25, 0.3) is 0 Å². The summed E-state index contributed by atoms with van der Waals surface area (Å²) in [7, 11) is 3.16. The van der Waals surface area contributed by atoms with Gasteiger partial charge < -0.3 is 14.8 Å². The molecule has 6 heteroatoms. The molecule has 0 saturated carbocycles. The van der Waals surface area contributed by atoms with Crippen molar-refractivity contribution in [2.45, 2.75) is 12.8 Å². The number of carbonyl (C=O) groups excluding carboxylic acids is 1. The molecule has 1 aromatic heterocycles. The Labute approximate surface area is 123 Å². The van der Waals surface area contributed by atoms with Crippen LogP contribution in [0, 0.1) is 0 Å². The van der Waals surface area contributed by atoms with E-state index < -0.39 is 0 Å². The van der Waals surface area contributed by atoms with Crippen molar-refractivity contribution in [3.8, 4) is 11.5 Å². The van der Waals surface area contributed by atoms with Gasteiger partial charge in [0.1, 0.15) is 0 Å². The molecule has 0 atom stereocenters. The molecule has 21 heavy (non-hydrogen) atoms. The van der Waals surface area contributed by atoms with E-state index in [9.17, 15) is 4.79 Å². The number of methoxy groups -OCH3 is 2. The standard InChI is InChI=1S/C15H19N3O3/c1-20-13-4-3-11(9-14(13)21-2)10-15(19)16-7-5-12-6-8-17-18-12/h3-4,6,8-9H,5,7,10H2,1-2H3,(H,16,19)(H,17,18). The Bertz CT molecular complexity index is 582. The predicted molar refractivity (Wildman–Crippen MR) is 78.6 cm³/mol. The number of ether oxygens (including phenoxy) is 2. The van der Waals surface area contributed by atoms with Gasteiger partial charge >= 0.3 is 0 Å². The number of aromatic nitrogens is 2. The molecular weight excluding hydrogens is 270 g/mol. The van der Waals surface area contributed by atoms with Gasteiger partial charge in [-0.25, -0.2) is 0 Å². The number of aromatic amines is 1. The van der Waals surface area contributed by atoms with Crippen molar-refractivity contribution in [3.63, 3.8) is 0 Å². The summed E-state index contributed by atoms with van der Waals surface area (Å²) in [4.78, 5) is 11.9. The fourth-order valence-electron chi connectivity index (χ4n) is 2.00. The van der Waals surface area contributed by atoms with E-state index in [1.807, 2.05) is 18.2 Å². The van der Waals surface area contributed by atoms with Crippen LogP contribution in [-0.2, 0) is 17.6 Å². The SMILES string of the molecule is COc1ccc(CC(=O)NCCc2ccn[nH]2)cc1OC. The van der Waals surface area contributed by atoms with Crippen LogP contribution in [0.25, 0.3) is 0 Å². The summed E-state index contributed by atoms with van der Waals surface area (Å²) >= 11 is 0. The molecule has 6 nitrogen and oxygen atoms in total. The summed E-state index contributed by atoms with van der Waals surface area (Å²) in [6.45, 7) is 0.578. The molecule has 0 aliphatic heterocycles. The highest BCUT2D eigenvalue weighted by Gasteiger charge is 2.08. The summed E-state index contributed by atoms with van der Waals surface area (Å²) in [6.07, 6.45) is 2.74. The molecule has 0 saturated heterocycles. The Morgan fingerprint density at radius 3 is 2.71 bits per heavy atom. The molecule has 1 heterocycles. The fraction of sp³-hybridized carbons (Fsp3) is 0.333. The van der Waals surface area contributed by atoms with Gasteiger partial charge in [-0.2, -0.15) is 5.10 Å². The minimum atomic E-state index is -0.0262. The zero-order valence-corrected chi connectivity index (χ0v) is 12.2. The second-order valence-corrected chi connectivity index (χ2v) is 4.55. The molecule has 2 N–H and O–H groups in total. The van der Waals surface area contributed by atoms with Gasteiger partial charge in [-0.3, -0.25) is 9.89 Å². The fourth-order valence-corrected chi connectivity index (χ4v) is 2.00.